The molecule has 1 aliphatic rings. The first kappa shape index (κ1) is 21.8. The zero-order valence-corrected chi connectivity index (χ0v) is 18.8. The molecular formula is C22H27ClN2O3S. The van der Waals surface area contributed by atoms with Crippen molar-refractivity contribution in [2.24, 2.45) is 0 Å². The Kier molecular flexibility index (Phi) is 6.36. The number of carbonyl (C=O) groups excluding carboxylic acids is 1. The summed E-state index contributed by atoms with van der Waals surface area (Å²) in [4.78, 5) is 15.2. The minimum Gasteiger partial charge on any atom is -0.331 e. The first-order valence-corrected chi connectivity index (χ1v) is 11.6. The first-order chi connectivity index (χ1) is 13.6. The highest BCUT2D eigenvalue weighted by Crippen LogP contribution is 2.32. The Bertz CT molecular complexity index is 999. The van der Waals surface area contributed by atoms with E-state index < -0.39 is 10.0 Å². The second-order valence-electron chi connectivity index (χ2n) is 7.91. The van der Waals surface area contributed by atoms with Gasteiger partial charge in [0.05, 0.1) is 15.5 Å². The van der Waals surface area contributed by atoms with Gasteiger partial charge in [0, 0.05) is 25.7 Å². The molecule has 0 radical (unpaired) electrons. The number of aryl methyl sites for hydroxylation is 1. The van der Waals surface area contributed by atoms with Gasteiger partial charge in [0.1, 0.15) is 0 Å². The lowest BCUT2D eigenvalue weighted by molar-refractivity contribution is 0.0730. The molecule has 1 fully saturated rings. The molecule has 1 amide bonds. The van der Waals surface area contributed by atoms with Gasteiger partial charge in [0.15, 0.2) is 0 Å². The van der Waals surface area contributed by atoms with E-state index in [4.69, 9.17) is 11.6 Å². The Labute approximate surface area is 178 Å². The minimum atomic E-state index is -3.70. The van der Waals surface area contributed by atoms with Crippen LogP contribution >= 0.6 is 11.6 Å². The smallest absolute Gasteiger partial charge is 0.255 e. The zero-order valence-electron chi connectivity index (χ0n) is 17.2. The summed E-state index contributed by atoms with van der Waals surface area (Å²) in [6.45, 7) is 6.10. The van der Waals surface area contributed by atoms with Gasteiger partial charge >= 0.3 is 0 Å². The molecule has 0 aliphatic heterocycles. The largest absolute Gasteiger partial charge is 0.331 e. The van der Waals surface area contributed by atoms with E-state index in [2.05, 4.69) is 0 Å². The van der Waals surface area contributed by atoms with Gasteiger partial charge in [0.2, 0.25) is 10.0 Å². The number of nitrogens with zero attached hydrogens (tertiary/aromatic N) is 2. The summed E-state index contributed by atoms with van der Waals surface area (Å²) in [6.07, 6.45) is 1.90. The van der Waals surface area contributed by atoms with Crippen molar-refractivity contribution in [2.45, 2.75) is 57.1 Å². The van der Waals surface area contributed by atoms with Crippen LogP contribution in [0.25, 0.3) is 0 Å². The molecule has 156 valence electrons. The highest BCUT2D eigenvalue weighted by Gasteiger charge is 2.34. The van der Waals surface area contributed by atoms with Gasteiger partial charge in [-0.15, -0.1) is 0 Å². The predicted octanol–water partition coefficient (Wildman–Crippen LogP) is 4.48. The maximum absolute atomic E-state index is 13.3. The van der Waals surface area contributed by atoms with Crippen molar-refractivity contribution in [1.29, 1.82) is 0 Å². The Hall–Kier alpha value is -1.89. The quantitative estimate of drug-likeness (QED) is 0.645. The minimum absolute atomic E-state index is 0.0764. The number of benzene rings is 2. The average molecular weight is 435 g/mol. The van der Waals surface area contributed by atoms with Crippen LogP contribution < -0.4 is 0 Å². The van der Waals surface area contributed by atoms with Crippen molar-refractivity contribution in [2.75, 3.05) is 7.05 Å². The Morgan fingerprint density at radius 3 is 2.31 bits per heavy atom. The highest BCUT2D eigenvalue weighted by molar-refractivity contribution is 7.89. The number of halogens is 1. The molecule has 0 saturated heterocycles. The molecule has 0 atom stereocenters. The molecule has 0 aromatic heterocycles. The molecule has 3 rings (SSSR count). The normalized spacial score (nSPS) is 14.4. The monoisotopic (exact) mass is 434 g/mol. The van der Waals surface area contributed by atoms with Crippen molar-refractivity contribution in [3.05, 3.63) is 64.2 Å². The van der Waals surface area contributed by atoms with Crippen molar-refractivity contribution in [1.82, 2.24) is 9.21 Å². The van der Waals surface area contributed by atoms with Crippen LogP contribution in [-0.2, 0) is 16.6 Å². The first-order valence-electron chi connectivity index (χ1n) is 9.75. The summed E-state index contributed by atoms with van der Waals surface area (Å²) in [7, 11) is -2.17. The molecule has 0 bridgehead atoms. The van der Waals surface area contributed by atoms with Crippen molar-refractivity contribution < 1.29 is 13.2 Å². The average Bonchev–Trinajstić information content (AvgIpc) is 3.51. The van der Waals surface area contributed by atoms with Gasteiger partial charge in [-0.25, -0.2) is 8.42 Å². The fraction of sp³-hybridized carbons (Fsp3) is 0.409. The standard InChI is InChI=1S/C22H27ClN2O3S/c1-15(2)24(4)29(27,28)19-11-12-21(23)20(13-19)22(26)25(18-9-10-18)14-17-7-5-16(3)6-8-17/h5-8,11-13,15,18H,9-10,14H2,1-4H3. The van der Waals surface area contributed by atoms with Gasteiger partial charge in [-0.05, 0) is 57.4 Å². The number of carbonyl (C=O) groups is 1. The van der Waals surface area contributed by atoms with Gasteiger partial charge < -0.3 is 4.90 Å². The van der Waals surface area contributed by atoms with Crippen LogP contribution in [0.4, 0.5) is 0 Å². The van der Waals surface area contributed by atoms with Crippen LogP contribution in [0.3, 0.4) is 0 Å². The third-order valence-electron chi connectivity index (χ3n) is 5.29. The summed E-state index contributed by atoms with van der Waals surface area (Å²) >= 11 is 6.32. The Morgan fingerprint density at radius 1 is 1.14 bits per heavy atom. The SMILES string of the molecule is Cc1ccc(CN(C(=O)c2cc(S(=O)(=O)N(C)C(C)C)ccc2Cl)C2CC2)cc1. The summed E-state index contributed by atoms with van der Waals surface area (Å²) in [5.41, 5.74) is 2.42. The van der Waals surface area contributed by atoms with Crippen LogP contribution in [0, 0.1) is 6.92 Å². The second-order valence-corrected chi connectivity index (χ2v) is 10.3. The number of amides is 1. The lowest BCUT2D eigenvalue weighted by Gasteiger charge is -2.24. The molecule has 1 saturated carbocycles. The number of rotatable bonds is 7. The third-order valence-corrected chi connectivity index (χ3v) is 7.65. The van der Waals surface area contributed by atoms with E-state index in [1.807, 2.05) is 31.2 Å². The maximum atomic E-state index is 13.3. The van der Waals surface area contributed by atoms with E-state index in [0.29, 0.717) is 6.54 Å². The zero-order chi connectivity index (χ0) is 21.3. The molecule has 29 heavy (non-hydrogen) atoms. The summed E-state index contributed by atoms with van der Waals surface area (Å²) in [5.74, 6) is -0.234. The number of hydrogen-bond acceptors (Lipinski definition) is 3. The summed E-state index contributed by atoms with van der Waals surface area (Å²) in [6, 6.07) is 12.4. The van der Waals surface area contributed by atoms with Crippen LogP contribution in [0.5, 0.6) is 0 Å². The van der Waals surface area contributed by atoms with Crippen molar-refractivity contribution in [3.63, 3.8) is 0 Å². The summed E-state index contributed by atoms with van der Waals surface area (Å²) < 4.78 is 27.0. The van der Waals surface area contributed by atoms with E-state index in [1.54, 1.807) is 18.7 Å². The molecule has 2 aromatic rings. The van der Waals surface area contributed by atoms with Crippen LogP contribution in [0.1, 0.15) is 48.2 Å². The van der Waals surface area contributed by atoms with E-state index in [0.717, 1.165) is 24.0 Å². The lowest BCUT2D eigenvalue weighted by atomic mass is 10.1. The molecule has 7 heteroatoms. The number of hydrogen-bond donors (Lipinski definition) is 0. The number of sulfonamides is 1. The lowest BCUT2D eigenvalue weighted by Crippen LogP contribution is -2.34. The van der Waals surface area contributed by atoms with Crippen LogP contribution in [0.2, 0.25) is 5.02 Å². The van der Waals surface area contributed by atoms with Crippen molar-refractivity contribution >= 4 is 27.5 Å². The fourth-order valence-corrected chi connectivity index (χ4v) is 4.66. The van der Waals surface area contributed by atoms with Gasteiger partial charge in [-0.2, -0.15) is 4.31 Å². The van der Waals surface area contributed by atoms with Gasteiger partial charge in [-0.1, -0.05) is 41.4 Å². The Morgan fingerprint density at radius 2 is 1.76 bits per heavy atom. The highest BCUT2D eigenvalue weighted by atomic mass is 35.5. The third kappa shape index (κ3) is 4.82. The maximum Gasteiger partial charge on any atom is 0.255 e. The fourth-order valence-electron chi connectivity index (χ4n) is 3.07. The van der Waals surface area contributed by atoms with Gasteiger partial charge in [0.25, 0.3) is 5.91 Å². The predicted molar refractivity (Wildman–Crippen MR) is 116 cm³/mol. The van der Waals surface area contributed by atoms with Crippen LogP contribution in [-0.4, -0.2) is 42.7 Å². The second kappa shape index (κ2) is 8.46. The van der Waals surface area contributed by atoms with E-state index in [9.17, 15) is 13.2 Å². The molecule has 2 aromatic carbocycles. The summed E-state index contributed by atoms with van der Waals surface area (Å²) in [5, 5.41) is 0.260. The Balaban J connectivity index is 1.93. The molecule has 0 heterocycles. The van der Waals surface area contributed by atoms with E-state index in [1.165, 1.54) is 29.6 Å². The topological polar surface area (TPSA) is 57.7 Å². The molecule has 0 N–H and O–H groups in total. The van der Waals surface area contributed by atoms with E-state index in [-0.39, 0.29) is 33.5 Å². The van der Waals surface area contributed by atoms with E-state index >= 15 is 0 Å². The molecule has 0 unspecified atom stereocenters. The molecular weight excluding hydrogens is 408 g/mol. The molecule has 1 aliphatic carbocycles. The van der Waals surface area contributed by atoms with Crippen LogP contribution in [0.15, 0.2) is 47.4 Å². The van der Waals surface area contributed by atoms with Crippen molar-refractivity contribution in [3.8, 4) is 0 Å². The molecule has 5 nitrogen and oxygen atoms in total. The molecule has 0 spiro atoms. The van der Waals surface area contributed by atoms with Gasteiger partial charge in [-0.3, -0.25) is 4.79 Å².